The number of halogens is 2. The Hall–Kier alpha value is -2.04. The van der Waals surface area contributed by atoms with Gasteiger partial charge < -0.3 is 10.2 Å². The van der Waals surface area contributed by atoms with E-state index in [1.165, 1.54) is 0 Å². The summed E-state index contributed by atoms with van der Waals surface area (Å²) in [7, 11) is 0. The summed E-state index contributed by atoms with van der Waals surface area (Å²) in [5.41, 5.74) is 2.87. The number of nitrogens with zero attached hydrogens (tertiary/aromatic N) is 1. The first kappa shape index (κ1) is 23.2. The molecule has 0 aliphatic heterocycles. The maximum absolute atomic E-state index is 13.1. The Morgan fingerprint density at radius 2 is 1.59 bits per heavy atom. The summed E-state index contributed by atoms with van der Waals surface area (Å²) < 4.78 is 0. The predicted molar refractivity (Wildman–Crippen MR) is 119 cm³/mol. The fourth-order valence-corrected chi connectivity index (χ4v) is 3.17. The highest BCUT2D eigenvalue weighted by molar-refractivity contribution is 6.42. The van der Waals surface area contributed by atoms with Crippen molar-refractivity contribution in [2.45, 2.75) is 46.7 Å². The van der Waals surface area contributed by atoms with Crippen molar-refractivity contribution in [3.63, 3.8) is 0 Å². The molecule has 0 aliphatic carbocycles. The van der Waals surface area contributed by atoms with Gasteiger partial charge in [-0.1, -0.05) is 72.9 Å². The standard InChI is InChI=1S/C23H28Cl2N2O2/c1-15(2)13-26-23(29)17(4)27(14-19-9-10-20(24)21(25)11-19)22(28)12-18-7-5-16(3)6-8-18/h5-11,15,17H,12-14H2,1-4H3,(H,26,29). The Labute approximate surface area is 183 Å². The van der Waals surface area contributed by atoms with Crippen LogP contribution in [0, 0.1) is 12.8 Å². The number of benzene rings is 2. The highest BCUT2D eigenvalue weighted by atomic mass is 35.5. The molecule has 2 amide bonds. The first-order valence-electron chi connectivity index (χ1n) is 9.74. The van der Waals surface area contributed by atoms with E-state index in [0.717, 1.165) is 16.7 Å². The SMILES string of the molecule is Cc1ccc(CC(=O)N(Cc2ccc(Cl)c(Cl)c2)C(C)C(=O)NCC(C)C)cc1. The van der Waals surface area contributed by atoms with Crippen molar-refractivity contribution in [3.8, 4) is 0 Å². The van der Waals surface area contributed by atoms with E-state index in [2.05, 4.69) is 5.32 Å². The van der Waals surface area contributed by atoms with Gasteiger partial charge in [0.1, 0.15) is 6.04 Å². The van der Waals surface area contributed by atoms with E-state index in [4.69, 9.17) is 23.2 Å². The van der Waals surface area contributed by atoms with Crippen molar-refractivity contribution in [1.29, 1.82) is 0 Å². The van der Waals surface area contributed by atoms with Gasteiger partial charge in [-0.05, 0) is 43.0 Å². The average molecular weight is 435 g/mol. The van der Waals surface area contributed by atoms with Gasteiger partial charge >= 0.3 is 0 Å². The zero-order chi connectivity index (χ0) is 21.6. The van der Waals surface area contributed by atoms with E-state index < -0.39 is 6.04 Å². The maximum atomic E-state index is 13.1. The summed E-state index contributed by atoms with van der Waals surface area (Å²) in [6.45, 7) is 8.65. The Balaban J connectivity index is 2.22. The number of hydrogen-bond acceptors (Lipinski definition) is 2. The fourth-order valence-electron chi connectivity index (χ4n) is 2.85. The molecule has 1 unspecified atom stereocenters. The lowest BCUT2D eigenvalue weighted by atomic mass is 10.1. The van der Waals surface area contributed by atoms with E-state index in [1.54, 1.807) is 24.0 Å². The third-order valence-electron chi connectivity index (χ3n) is 4.66. The number of nitrogens with one attached hydrogen (secondary N) is 1. The van der Waals surface area contributed by atoms with Gasteiger partial charge in [0.05, 0.1) is 16.5 Å². The molecule has 2 aromatic rings. The summed E-state index contributed by atoms with van der Waals surface area (Å²) in [4.78, 5) is 27.4. The molecule has 0 fully saturated rings. The largest absolute Gasteiger partial charge is 0.354 e. The van der Waals surface area contributed by atoms with Gasteiger partial charge in [-0.3, -0.25) is 9.59 Å². The molecule has 2 aromatic carbocycles. The van der Waals surface area contributed by atoms with Crippen LogP contribution in [0.25, 0.3) is 0 Å². The second kappa shape index (κ2) is 10.7. The predicted octanol–water partition coefficient (Wildman–Crippen LogP) is 5.03. The summed E-state index contributed by atoms with van der Waals surface area (Å²) in [6, 6.07) is 12.5. The van der Waals surface area contributed by atoms with E-state index in [-0.39, 0.29) is 24.8 Å². The molecule has 6 heteroatoms. The highest BCUT2D eigenvalue weighted by Gasteiger charge is 2.26. The van der Waals surface area contributed by atoms with Crippen molar-refractivity contribution < 1.29 is 9.59 Å². The highest BCUT2D eigenvalue weighted by Crippen LogP contribution is 2.24. The molecular formula is C23H28Cl2N2O2. The molecule has 1 atom stereocenters. The maximum Gasteiger partial charge on any atom is 0.242 e. The molecular weight excluding hydrogens is 407 g/mol. The fraction of sp³-hybridized carbons (Fsp3) is 0.391. The van der Waals surface area contributed by atoms with E-state index in [0.29, 0.717) is 22.5 Å². The molecule has 0 saturated carbocycles. The zero-order valence-electron chi connectivity index (χ0n) is 17.3. The first-order valence-corrected chi connectivity index (χ1v) is 10.5. The van der Waals surface area contributed by atoms with E-state index in [9.17, 15) is 9.59 Å². The van der Waals surface area contributed by atoms with Gasteiger partial charge in [0.2, 0.25) is 11.8 Å². The molecule has 0 radical (unpaired) electrons. The van der Waals surface area contributed by atoms with Gasteiger partial charge in [0.25, 0.3) is 0 Å². The van der Waals surface area contributed by atoms with Crippen LogP contribution in [0.5, 0.6) is 0 Å². The summed E-state index contributed by atoms with van der Waals surface area (Å²) in [6.07, 6.45) is 0.226. The quantitative estimate of drug-likeness (QED) is 0.632. The monoisotopic (exact) mass is 434 g/mol. The molecule has 0 spiro atoms. The molecule has 0 saturated heterocycles. The average Bonchev–Trinajstić information content (AvgIpc) is 2.68. The Bertz CT molecular complexity index is 850. The lowest BCUT2D eigenvalue weighted by molar-refractivity contribution is -0.140. The minimum Gasteiger partial charge on any atom is -0.354 e. The normalized spacial score (nSPS) is 12.0. The summed E-state index contributed by atoms with van der Waals surface area (Å²) in [5, 5.41) is 3.79. The Morgan fingerprint density at radius 1 is 0.966 bits per heavy atom. The van der Waals surface area contributed by atoms with Gasteiger partial charge in [-0.15, -0.1) is 0 Å². The molecule has 0 heterocycles. The molecule has 29 heavy (non-hydrogen) atoms. The third-order valence-corrected chi connectivity index (χ3v) is 5.40. The van der Waals surface area contributed by atoms with E-state index >= 15 is 0 Å². The number of aryl methyl sites for hydroxylation is 1. The van der Waals surface area contributed by atoms with Crippen LogP contribution in [0.3, 0.4) is 0 Å². The second-order valence-electron chi connectivity index (χ2n) is 7.75. The van der Waals surface area contributed by atoms with Crippen LogP contribution < -0.4 is 5.32 Å². The van der Waals surface area contributed by atoms with Crippen LogP contribution in [0.4, 0.5) is 0 Å². The van der Waals surface area contributed by atoms with Crippen molar-refractivity contribution in [1.82, 2.24) is 10.2 Å². The van der Waals surface area contributed by atoms with E-state index in [1.807, 2.05) is 51.1 Å². The van der Waals surface area contributed by atoms with Crippen molar-refractivity contribution in [2.75, 3.05) is 6.54 Å². The van der Waals surface area contributed by atoms with Gasteiger partial charge in [0, 0.05) is 13.1 Å². The first-order chi connectivity index (χ1) is 13.7. The van der Waals surface area contributed by atoms with Crippen LogP contribution in [-0.2, 0) is 22.6 Å². The van der Waals surface area contributed by atoms with Crippen LogP contribution in [0.1, 0.15) is 37.5 Å². The number of amides is 2. The molecule has 0 aromatic heterocycles. The van der Waals surface area contributed by atoms with Crippen molar-refractivity contribution in [3.05, 3.63) is 69.2 Å². The van der Waals surface area contributed by atoms with Crippen LogP contribution >= 0.6 is 23.2 Å². The minimum absolute atomic E-state index is 0.118. The molecule has 0 bridgehead atoms. The van der Waals surface area contributed by atoms with Crippen molar-refractivity contribution in [2.24, 2.45) is 5.92 Å². The molecule has 156 valence electrons. The Morgan fingerprint density at radius 3 is 2.17 bits per heavy atom. The van der Waals surface area contributed by atoms with Crippen LogP contribution in [0.2, 0.25) is 10.0 Å². The lowest BCUT2D eigenvalue weighted by Crippen LogP contribution is -2.48. The topological polar surface area (TPSA) is 49.4 Å². The Kier molecular flexibility index (Phi) is 8.54. The van der Waals surface area contributed by atoms with Gasteiger partial charge in [-0.25, -0.2) is 0 Å². The molecule has 4 nitrogen and oxygen atoms in total. The smallest absolute Gasteiger partial charge is 0.242 e. The summed E-state index contributed by atoms with van der Waals surface area (Å²) >= 11 is 12.1. The zero-order valence-corrected chi connectivity index (χ0v) is 18.8. The second-order valence-corrected chi connectivity index (χ2v) is 8.56. The number of carbonyl (C=O) groups excluding carboxylic acids is 2. The molecule has 1 N–H and O–H groups in total. The summed E-state index contributed by atoms with van der Waals surface area (Å²) in [5.74, 6) is 0.0427. The number of rotatable bonds is 8. The van der Waals surface area contributed by atoms with Crippen LogP contribution in [0.15, 0.2) is 42.5 Å². The number of carbonyl (C=O) groups is 2. The minimum atomic E-state index is -0.610. The molecule has 0 aliphatic rings. The lowest BCUT2D eigenvalue weighted by Gasteiger charge is -2.29. The molecule has 2 rings (SSSR count). The van der Waals surface area contributed by atoms with Gasteiger partial charge in [-0.2, -0.15) is 0 Å². The number of hydrogen-bond donors (Lipinski definition) is 1. The van der Waals surface area contributed by atoms with Gasteiger partial charge in [0.15, 0.2) is 0 Å². The van der Waals surface area contributed by atoms with Crippen molar-refractivity contribution >= 4 is 35.0 Å². The van der Waals surface area contributed by atoms with Crippen LogP contribution in [-0.4, -0.2) is 29.3 Å². The third kappa shape index (κ3) is 7.06.